The molecule has 1 unspecified atom stereocenters. The Morgan fingerprint density at radius 3 is 2.59 bits per heavy atom. The third-order valence-corrected chi connectivity index (χ3v) is 5.53. The number of nitrogens with one attached hydrogen (secondary N) is 2. The van der Waals surface area contributed by atoms with Gasteiger partial charge in [0.1, 0.15) is 0 Å². The predicted molar refractivity (Wildman–Crippen MR) is 126 cm³/mol. The molecule has 1 heterocycles. The van der Waals surface area contributed by atoms with Crippen LogP contribution in [0.4, 0.5) is 0 Å². The lowest BCUT2D eigenvalue weighted by Gasteiger charge is -2.34. The van der Waals surface area contributed by atoms with Crippen LogP contribution in [0.15, 0.2) is 4.99 Å². The van der Waals surface area contributed by atoms with E-state index in [-0.39, 0.29) is 24.0 Å². The maximum absolute atomic E-state index is 5.99. The zero-order valence-electron chi connectivity index (χ0n) is 17.8. The van der Waals surface area contributed by atoms with Crippen molar-refractivity contribution in [3.63, 3.8) is 0 Å². The van der Waals surface area contributed by atoms with Crippen molar-refractivity contribution in [1.29, 1.82) is 0 Å². The van der Waals surface area contributed by atoms with E-state index >= 15 is 0 Å². The number of hydrogen-bond donors (Lipinski definition) is 2. The number of guanidine groups is 1. The second-order valence-corrected chi connectivity index (χ2v) is 8.53. The van der Waals surface area contributed by atoms with Gasteiger partial charge in [-0.1, -0.05) is 33.1 Å². The molecule has 0 radical (unpaired) electrons. The first-order chi connectivity index (χ1) is 12.7. The molecule has 2 aliphatic rings. The number of halogens is 1. The zero-order chi connectivity index (χ0) is 18.6. The van der Waals surface area contributed by atoms with Gasteiger partial charge < -0.3 is 20.3 Å². The summed E-state index contributed by atoms with van der Waals surface area (Å²) in [4.78, 5) is 6.99. The lowest BCUT2D eigenvalue weighted by atomic mass is 9.97. The summed E-state index contributed by atoms with van der Waals surface area (Å²) >= 11 is 0. The molecule has 27 heavy (non-hydrogen) atoms. The van der Waals surface area contributed by atoms with Gasteiger partial charge in [-0.3, -0.25) is 4.99 Å². The Labute approximate surface area is 184 Å². The van der Waals surface area contributed by atoms with Gasteiger partial charge in [-0.05, 0) is 50.5 Å². The summed E-state index contributed by atoms with van der Waals surface area (Å²) < 4.78 is 5.99. The number of rotatable bonds is 9. The summed E-state index contributed by atoms with van der Waals surface area (Å²) in [6, 6.07) is 0. The van der Waals surface area contributed by atoms with Crippen molar-refractivity contribution in [1.82, 2.24) is 15.5 Å². The average molecular weight is 495 g/mol. The first kappa shape index (κ1) is 25.0. The second kappa shape index (κ2) is 14.9. The van der Waals surface area contributed by atoms with Crippen LogP contribution in [0.3, 0.4) is 0 Å². The number of aliphatic imine (C=N–C) groups is 1. The van der Waals surface area contributed by atoms with E-state index in [1.165, 1.54) is 64.6 Å². The Hall–Kier alpha value is -0.0800. The van der Waals surface area contributed by atoms with Crippen LogP contribution in [0.2, 0.25) is 0 Å². The largest absolute Gasteiger partial charge is 0.378 e. The van der Waals surface area contributed by atoms with Gasteiger partial charge >= 0.3 is 0 Å². The van der Waals surface area contributed by atoms with Crippen LogP contribution in [0.1, 0.15) is 65.2 Å². The SMILES string of the molecule is CN=C(NCCCOC1CCCCC1)NCC1CCCN(CC(C)C)C1.I. The van der Waals surface area contributed by atoms with Gasteiger partial charge in [0.2, 0.25) is 0 Å². The van der Waals surface area contributed by atoms with Gasteiger partial charge in [-0.2, -0.15) is 0 Å². The number of hydrogen-bond acceptors (Lipinski definition) is 3. The number of likely N-dealkylation sites (tertiary alicyclic amines) is 1. The van der Waals surface area contributed by atoms with Crippen LogP contribution in [-0.2, 0) is 4.74 Å². The Balaban J connectivity index is 0.00000364. The van der Waals surface area contributed by atoms with E-state index in [0.717, 1.165) is 43.9 Å². The molecule has 1 saturated carbocycles. The van der Waals surface area contributed by atoms with Crippen molar-refractivity contribution in [2.24, 2.45) is 16.8 Å². The summed E-state index contributed by atoms with van der Waals surface area (Å²) in [7, 11) is 1.86. The highest BCUT2D eigenvalue weighted by Gasteiger charge is 2.20. The minimum Gasteiger partial charge on any atom is -0.378 e. The van der Waals surface area contributed by atoms with E-state index in [1.54, 1.807) is 0 Å². The van der Waals surface area contributed by atoms with E-state index in [4.69, 9.17) is 4.74 Å². The van der Waals surface area contributed by atoms with Crippen molar-refractivity contribution in [3.05, 3.63) is 0 Å². The normalized spacial score (nSPS) is 22.5. The molecule has 1 aliphatic carbocycles. The maximum Gasteiger partial charge on any atom is 0.190 e. The van der Waals surface area contributed by atoms with Gasteiger partial charge in [0.05, 0.1) is 6.10 Å². The molecular weight excluding hydrogens is 451 g/mol. The molecule has 2 N–H and O–H groups in total. The molecule has 6 heteroatoms. The first-order valence-electron chi connectivity index (χ1n) is 11.0. The highest BCUT2D eigenvalue weighted by atomic mass is 127. The molecular formula is C21H43IN4O. The minimum atomic E-state index is 0. The summed E-state index contributed by atoms with van der Waals surface area (Å²) in [6.45, 7) is 11.1. The molecule has 160 valence electrons. The fourth-order valence-electron chi connectivity index (χ4n) is 4.22. The van der Waals surface area contributed by atoms with Crippen LogP contribution in [0.25, 0.3) is 0 Å². The molecule has 0 aromatic rings. The van der Waals surface area contributed by atoms with Crippen LogP contribution < -0.4 is 10.6 Å². The topological polar surface area (TPSA) is 48.9 Å². The molecule has 5 nitrogen and oxygen atoms in total. The minimum absolute atomic E-state index is 0. The quantitative estimate of drug-likeness (QED) is 0.221. The van der Waals surface area contributed by atoms with Crippen LogP contribution in [0.5, 0.6) is 0 Å². The van der Waals surface area contributed by atoms with E-state index in [2.05, 4.69) is 34.4 Å². The van der Waals surface area contributed by atoms with E-state index in [1.807, 2.05) is 7.05 Å². The molecule has 2 fully saturated rings. The van der Waals surface area contributed by atoms with Gasteiger partial charge in [0.25, 0.3) is 0 Å². The molecule has 1 saturated heterocycles. The van der Waals surface area contributed by atoms with Gasteiger partial charge in [-0.15, -0.1) is 24.0 Å². The third kappa shape index (κ3) is 10.9. The number of nitrogens with zero attached hydrogens (tertiary/aromatic N) is 2. The fourth-order valence-corrected chi connectivity index (χ4v) is 4.22. The molecule has 0 bridgehead atoms. The van der Waals surface area contributed by atoms with E-state index in [9.17, 15) is 0 Å². The molecule has 0 spiro atoms. The number of ether oxygens (including phenoxy) is 1. The standard InChI is InChI=1S/C21H42N4O.HI/c1-18(2)16-25-13-7-9-19(17-25)15-24-21(22-3)23-12-8-14-26-20-10-5-4-6-11-20;/h18-20H,4-17H2,1-3H3,(H2,22,23,24);1H. The molecule has 2 rings (SSSR count). The third-order valence-electron chi connectivity index (χ3n) is 5.53. The van der Waals surface area contributed by atoms with Crippen molar-refractivity contribution < 1.29 is 4.74 Å². The molecule has 1 aliphatic heterocycles. The van der Waals surface area contributed by atoms with Gasteiger partial charge in [-0.25, -0.2) is 0 Å². The number of piperidine rings is 1. The molecule has 1 atom stereocenters. The van der Waals surface area contributed by atoms with Crippen LogP contribution >= 0.6 is 24.0 Å². The van der Waals surface area contributed by atoms with E-state index in [0.29, 0.717) is 6.10 Å². The Kier molecular flexibility index (Phi) is 13.7. The van der Waals surface area contributed by atoms with Crippen molar-refractivity contribution >= 4 is 29.9 Å². The maximum atomic E-state index is 5.99. The van der Waals surface area contributed by atoms with Gasteiger partial charge in [0, 0.05) is 39.8 Å². The summed E-state index contributed by atoms with van der Waals surface area (Å²) in [6.07, 6.45) is 10.8. The summed E-state index contributed by atoms with van der Waals surface area (Å²) in [5.74, 6) is 2.42. The Morgan fingerprint density at radius 1 is 1.11 bits per heavy atom. The smallest absolute Gasteiger partial charge is 0.190 e. The lowest BCUT2D eigenvalue weighted by molar-refractivity contribution is 0.0277. The highest BCUT2D eigenvalue weighted by molar-refractivity contribution is 14.0. The van der Waals surface area contributed by atoms with Gasteiger partial charge in [0.15, 0.2) is 5.96 Å². The van der Waals surface area contributed by atoms with E-state index < -0.39 is 0 Å². The monoisotopic (exact) mass is 494 g/mol. The molecule has 0 aromatic carbocycles. The first-order valence-corrected chi connectivity index (χ1v) is 11.0. The van der Waals surface area contributed by atoms with Crippen molar-refractivity contribution in [2.75, 3.05) is 46.4 Å². The van der Waals surface area contributed by atoms with Crippen molar-refractivity contribution in [3.8, 4) is 0 Å². The van der Waals surface area contributed by atoms with Crippen LogP contribution in [-0.4, -0.2) is 63.3 Å². The Bertz CT molecular complexity index is 400. The van der Waals surface area contributed by atoms with Crippen molar-refractivity contribution in [2.45, 2.75) is 71.3 Å². The molecule has 0 aromatic heterocycles. The van der Waals surface area contributed by atoms with Crippen LogP contribution in [0, 0.1) is 11.8 Å². The summed E-state index contributed by atoms with van der Waals surface area (Å²) in [5, 5.41) is 6.96. The second-order valence-electron chi connectivity index (χ2n) is 8.53. The average Bonchev–Trinajstić information content (AvgIpc) is 2.64. The fraction of sp³-hybridized carbons (Fsp3) is 0.952. The lowest BCUT2D eigenvalue weighted by Crippen LogP contribution is -2.45. The Morgan fingerprint density at radius 2 is 1.89 bits per heavy atom. The molecule has 0 amide bonds. The highest BCUT2D eigenvalue weighted by Crippen LogP contribution is 2.20. The summed E-state index contributed by atoms with van der Waals surface area (Å²) in [5.41, 5.74) is 0. The zero-order valence-corrected chi connectivity index (χ0v) is 20.2. The predicted octanol–water partition coefficient (Wildman–Crippen LogP) is 3.88.